The molecule has 0 aromatic carbocycles. The van der Waals surface area contributed by atoms with E-state index in [1.807, 2.05) is 0 Å². The van der Waals surface area contributed by atoms with Gasteiger partial charge < -0.3 is 15.6 Å². The molecular formula is C9H17NO4. The van der Waals surface area contributed by atoms with E-state index < -0.39 is 17.7 Å². The highest BCUT2D eigenvalue weighted by Crippen LogP contribution is 2.04. The summed E-state index contributed by atoms with van der Waals surface area (Å²) < 4.78 is 4.58. The molecule has 0 aromatic rings. The summed E-state index contributed by atoms with van der Waals surface area (Å²) in [5, 5.41) is 7.89. The van der Waals surface area contributed by atoms with Crippen LogP contribution in [0.15, 0.2) is 12.2 Å². The van der Waals surface area contributed by atoms with E-state index in [4.69, 9.17) is 10.8 Å². The van der Waals surface area contributed by atoms with Crippen molar-refractivity contribution >= 4 is 12.1 Å². The second kappa shape index (κ2) is 6.01. The molecule has 0 aliphatic heterocycles. The molecule has 82 valence electrons. The predicted octanol–water partition coefficient (Wildman–Crippen LogP) is 1.53. The SMILES string of the molecule is C=C(C)C(=O)O.CC(C)(C)OC(N)=O. The summed E-state index contributed by atoms with van der Waals surface area (Å²) in [5.41, 5.74) is 4.44. The summed E-state index contributed by atoms with van der Waals surface area (Å²) in [6.07, 6.45) is -0.725. The fraction of sp³-hybridized carbons (Fsp3) is 0.556. The van der Waals surface area contributed by atoms with Crippen LogP contribution in [0.5, 0.6) is 0 Å². The van der Waals surface area contributed by atoms with Gasteiger partial charge in [0.05, 0.1) is 0 Å². The lowest BCUT2D eigenvalue weighted by atomic mass is 10.2. The topological polar surface area (TPSA) is 89.6 Å². The zero-order chi connectivity index (χ0) is 11.9. The second-order valence-corrected chi connectivity index (χ2v) is 3.62. The minimum atomic E-state index is -0.935. The van der Waals surface area contributed by atoms with Gasteiger partial charge in [-0.3, -0.25) is 0 Å². The minimum Gasteiger partial charge on any atom is -0.478 e. The first-order valence-corrected chi connectivity index (χ1v) is 3.93. The quantitative estimate of drug-likeness (QED) is 0.632. The lowest BCUT2D eigenvalue weighted by Gasteiger charge is -2.16. The van der Waals surface area contributed by atoms with Crippen LogP contribution < -0.4 is 5.73 Å². The van der Waals surface area contributed by atoms with Crippen molar-refractivity contribution < 1.29 is 19.4 Å². The third-order valence-corrected chi connectivity index (χ3v) is 0.772. The summed E-state index contributed by atoms with van der Waals surface area (Å²) in [6.45, 7) is 9.89. The smallest absolute Gasteiger partial charge is 0.405 e. The van der Waals surface area contributed by atoms with Crippen molar-refractivity contribution in [3.63, 3.8) is 0 Å². The minimum absolute atomic E-state index is 0.176. The van der Waals surface area contributed by atoms with Gasteiger partial charge in [0.25, 0.3) is 0 Å². The number of aliphatic carboxylic acids is 1. The van der Waals surface area contributed by atoms with Crippen LogP contribution in [0.2, 0.25) is 0 Å². The summed E-state index contributed by atoms with van der Waals surface area (Å²) in [6, 6.07) is 0. The molecule has 0 aromatic heterocycles. The molecule has 0 heterocycles. The maximum Gasteiger partial charge on any atom is 0.405 e. The molecule has 0 rings (SSSR count). The standard InChI is InChI=1S/C5H11NO2.C4H6O2/c1-5(2,3)8-4(6)7;1-3(2)4(5)6/h1-3H3,(H2,6,7);1H2,2H3,(H,5,6). The summed E-state index contributed by atoms with van der Waals surface area (Å²) in [7, 11) is 0. The first-order valence-electron chi connectivity index (χ1n) is 3.93. The molecule has 5 nitrogen and oxygen atoms in total. The molecule has 5 heteroatoms. The van der Waals surface area contributed by atoms with E-state index in [0.29, 0.717) is 0 Å². The molecule has 0 spiro atoms. The van der Waals surface area contributed by atoms with Gasteiger partial charge in [-0.15, -0.1) is 0 Å². The van der Waals surface area contributed by atoms with Crippen molar-refractivity contribution in [2.24, 2.45) is 5.73 Å². The Balaban J connectivity index is 0. The van der Waals surface area contributed by atoms with Crippen molar-refractivity contribution in [1.82, 2.24) is 0 Å². The van der Waals surface area contributed by atoms with E-state index in [1.54, 1.807) is 20.8 Å². The van der Waals surface area contributed by atoms with E-state index in [-0.39, 0.29) is 5.57 Å². The molecule has 0 aliphatic rings. The van der Waals surface area contributed by atoms with Crippen LogP contribution in [0.25, 0.3) is 0 Å². The number of carboxylic acid groups (broad SMARTS) is 1. The Hall–Kier alpha value is -1.52. The summed E-state index contributed by atoms with van der Waals surface area (Å²) in [5.74, 6) is -0.935. The molecule has 0 atom stereocenters. The normalized spacial score (nSPS) is 9.43. The van der Waals surface area contributed by atoms with Gasteiger partial charge in [-0.05, 0) is 27.7 Å². The zero-order valence-corrected chi connectivity index (χ0v) is 8.96. The highest BCUT2D eigenvalue weighted by atomic mass is 16.6. The van der Waals surface area contributed by atoms with Crippen LogP contribution in [-0.4, -0.2) is 22.8 Å². The number of hydrogen-bond donors (Lipinski definition) is 2. The molecular weight excluding hydrogens is 186 g/mol. The lowest BCUT2D eigenvalue weighted by molar-refractivity contribution is -0.132. The van der Waals surface area contributed by atoms with Gasteiger partial charge >= 0.3 is 12.1 Å². The van der Waals surface area contributed by atoms with Crippen LogP contribution >= 0.6 is 0 Å². The molecule has 14 heavy (non-hydrogen) atoms. The highest BCUT2D eigenvalue weighted by molar-refractivity contribution is 5.84. The second-order valence-electron chi connectivity index (χ2n) is 3.62. The Labute approximate surface area is 83.5 Å². The van der Waals surface area contributed by atoms with Crippen LogP contribution in [0.4, 0.5) is 4.79 Å². The van der Waals surface area contributed by atoms with Crippen molar-refractivity contribution in [3.8, 4) is 0 Å². The number of ether oxygens (including phenoxy) is 1. The Morgan fingerprint density at radius 1 is 1.36 bits per heavy atom. The molecule has 0 aliphatic carbocycles. The van der Waals surface area contributed by atoms with E-state index in [9.17, 15) is 9.59 Å². The molecule has 0 radical (unpaired) electrons. The fourth-order valence-corrected chi connectivity index (χ4v) is 0.302. The highest BCUT2D eigenvalue weighted by Gasteiger charge is 2.12. The number of carbonyl (C=O) groups is 2. The number of hydrogen-bond acceptors (Lipinski definition) is 3. The molecule has 3 N–H and O–H groups in total. The number of amides is 1. The van der Waals surface area contributed by atoms with Crippen molar-refractivity contribution in [3.05, 3.63) is 12.2 Å². The molecule has 1 amide bonds. The average molecular weight is 203 g/mol. The van der Waals surface area contributed by atoms with Crippen LogP contribution in [0, 0.1) is 0 Å². The van der Waals surface area contributed by atoms with Gasteiger partial charge in [-0.2, -0.15) is 0 Å². The number of carbonyl (C=O) groups excluding carboxylic acids is 1. The molecule has 0 saturated carbocycles. The first-order chi connectivity index (χ1) is 6.06. The Bertz CT molecular complexity index is 215. The number of nitrogens with two attached hydrogens (primary N) is 1. The van der Waals surface area contributed by atoms with Crippen LogP contribution in [0.1, 0.15) is 27.7 Å². The molecule has 0 unspecified atom stereocenters. The predicted molar refractivity (Wildman–Crippen MR) is 52.9 cm³/mol. The summed E-state index contributed by atoms with van der Waals surface area (Å²) in [4.78, 5) is 19.6. The fourth-order valence-electron chi connectivity index (χ4n) is 0.302. The monoisotopic (exact) mass is 203 g/mol. The first kappa shape index (κ1) is 15.0. The van der Waals surface area contributed by atoms with Gasteiger partial charge in [0, 0.05) is 5.57 Å². The third-order valence-electron chi connectivity index (χ3n) is 0.772. The number of carboxylic acids is 1. The Morgan fingerprint density at radius 2 is 1.64 bits per heavy atom. The van der Waals surface area contributed by atoms with Gasteiger partial charge in [-0.25, -0.2) is 9.59 Å². The summed E-state index contributed by atoms with van der Waals surface area (Å²) >= 11 is 0. The molecule has 0 bridgehead atoms. The Morgan fingerprint density at radius 3 is 1.64 bits per heavy atom. The average Bonchev–Trinajstić information content (AvgIpc) is 1.81. The van der Waals surface area contributed by atoms with E-state index >= 15 is 0 Å². The van der Waals surface area contributed by atoms with Gasteiger partial charge in [-0.1, -0.05) is 6.58 Å². The molecule has 0 fully saturated rings. The Kier molecular flexibility index (Phi) is 6.43. The lowest BCUT2D eigenvalue weighted by Crippen LogP contribution is -2.27. The number of rotatable bonds is 1. The molecule has 0 saturated heterocycles. The van der Waals surface area contributed by atoms with Crippen LogP contribution in [0.3, 0.4) is 0 Å². The third kappa shape index (κ3) is 16.8. The maximum atomic E-state index is 10.0. The van der Waals surface area contributed by atoms with Gasteiger partial charge in [0.2, 0.25) is 0 Å². The van der Waals surface area contributed by atoms with E-state index in [2.05, 4.69) is 11.3 Å². The largest absolute Gasteiger partial charge is 0.478 e. The van der Waals surface area contributed by atoms with Crippen molar-refractivity contribution in [1.29, 1.82) is 0 Å². The zero-order valence-electron chi connectivity index (χ0n) is 8.96. The van der Waals surface area contributed by atoms with Crippen LogP contribution in [-0.2, 0) is 9.53 Å². The number of primary amides is 1. The van der Waals surface area contributed by atoms with Crippen molar-refractivity contribution in [2.75, 3.05) is 0 Å². The van der Waals surface area contributed by atoms with Gasteiger partial charge in [0.15, 0.2) is 0 Å². The maximum absolute atomic E-state index is 10.0. The van der Waals surface area contributed by atoms with Gasteiger partial charge in [0.1, 0.15) is 5.60 Å². The van der Waals surface area contributed by atoms with E-state index in [0.717, 1.165) is 0 Å². The van der Waals surface area contributed by atoms with Crippen molar-refractivity contribution in [2.45, 2.75) is 33.3 Å². The van der Waals surface area contributed by atoms with E-state index in [1.165, 1.54) is 6.92 Å².